The predicted molar refractivity (Wildman–Crippen MR) is 326 cm³/mol. The molecule has 3 fully saturated rings. The van der Waals surface area contributed by atoms with Gasteiger partial charge in [0.25, 0.3) is 5.79 Å². The van der Waals surface area contributed by atoms with Gasteiger partial charge in [-0.05, 0) is 25.2 Å². The molecule has 516 valence electrons. The molecule has 18 atom stereocenters. The first-order valence-corrected chi connectivity index (χ1v) is 33.5. The van der Waals surface area contributed by atoms with Crippen LogP contribution in [-0.2, 0) is 47.5 Å². The number of methoxy groups -OCH3 is 1. The highest BCUT2D eigenvalue weighted by Gasteiger charge is 2.60. The lowest BCUT2D eigenvalue weighted by molar-refractivity contribution is -0.386. The van der Waals surface area contributed by atoms with Crippen molar-refractivity contribution in [3.63, 3.8) is 0 Å². The van der Waals surface area contributed by atoms with Crippen LogP contribution >= 0.6 is 0 Å². The maximum atomic E-state index is 13.4. The summed E-state index contributed by atoms with van der Waals surface area (Å²) in [5.41, 5.74) is 0. The minimum atomic E-state index is -3.09. The molecule has 0 bridgehead atoms. The predicted octanol–water partition coefficient (Wildman–Crippen LogP) is 4.21. The molecular formula is C64H118N2O22. The van der Waals surface area contributed by atoms with Crippen LogP contribution in [0.5, 0.6) is 0 Å². The van der Waals surface area contributed by atoms with Gasteiger partial charge < -0.3 is 105 Å². The Balaban J connectivity index is 1.64. The fourth-order valence-corrected chi connectivity index (χ4v) is 11.8. The van der Waals surface area contributed by atoms with Crippen LogP contribution in [0, 0.1) is 5.92 Å². The van der Waals surface area contributed by atoms with Crippen molar-refractivity contribution in [1.82, 2.24) is 10.6 Å². The lowest BCUT2D eigenvalue weighted by atomic mass is 9.88. The number of carboxylic acids is 1. The Morgan fingerprint density at radius 2 is 1.16 bits per heavy atom. The summed E-state index contributed by atoms with van der Waals surface area (Å²) >= 11 is 0. The zero-order chi connectivity index (χ0) is 64.9. The Labute approximate surface area is 523 Å². The molecule has 24 heteroatoms. The summed E-state index contributed by atoms with van der Waals surface area (Å²) < 4.78 is 40.0. The van der Waals surface area contributed by atoms with Crippen LogP contribution in [0.25, 0.3) is 0 Å². The summed E-state index contributed by atoms with van der Waals surface area (Å²) in [6.45, 7) is 2.45. The van der Waals surface area contributed by atoms with Crippen molar-refractivity contribution in [2.75, 3.05) is 40.1 Å². The number of hydrogen-bond acceptors (Lipinski definition) is 21. The van der Waals surface area contributed by atoms with Crippen molar-refractivity contribution in [3.8, 4) is 0 Å². The maximum Gasteiger partial charge on any atom is 0.364 e. The molecular weight excluding hydrogens is 1150 g/mol. The first-order valence-electron chi connectivity index (χ1n) is 33.5. The number of aliphatic hydroxyl groups excluding tert-OH is 11. The molecule has 18 unspecified atom stereocenters. The van der Waals surface area contributed by atoms with E-state index in [1.807, 2.05) is 6.08 Å². The van der Waals surface area contributed by atoms with E-state index in [1.165, 1.54) is 128 Å². The van der Waals surface area contributed by atoms with Crippen LogP contribution in [0.1, 0.15) is 220 Å². The second kappa shape index (κ2) is 45.7. The molecule has 0 aromatic carbocycles. The van der Waals surface area contributed by atoms with Gasteiger partial charge in [-0.2, -0.15) is 0 Å². The largest absolute Gasteiger partial charge is 0.477 e. The monoisotopic (exact) mass is 1270 g/mol. The fraction of sp³-hybridized carbons (Fsp3) is 0.922. The van der Waals surface area contributed by atoms with Crippen LogP contribution in [0.3, 0.4) is 0 Å². The van der Waals surface area contributed by atoms with E-state index in [-0.39, 0.29) is 12.3 Å². The lowest BCUT2D eigenvalue weighted by Crippen LogP contribution is -2.71. The Morgan fingerprint density at radius 3 is 1.66 bits per heavy atom. The highest BCUT2D eigenvalue weighted by molar-refractivity contribution is 5.78. The van der Waals surface area contributed by atoms with Gasteiger partial charge >= 0.3 is 5.97 Å². The Bertz CT molecular complexity index is 1850. The smallest absolute Gasteiger partial charge is 0.364 e. The number of rotatable bonds is 50. The normalized spacial score (nSPS) is 29.1. The Morgan fingerprint density at radius 1 is 0.636 bits per heavy atom. The van der Waals surface area contributed by atoms with Gasteiger partial charge in [0.1, 0.15) is 73.8 Å². The molecule has 0 aliphatic carbocycles. The average Bonchev–Trinajstić information content (AvgIpc) is 0.826. The molecule has 0 aromatic rings. The number of carbonyl (C=O) groups excluding carboxylic acids is 2. The van der Waals surface area contributed by atoms with Crippen LogP contribution < -0.4 is 10.6 Å². The zero-order valence-electron chi connectivity index (χ0n) is 53.5. The zero-order valence-corrected chi connectivity index (χ0v) is 53.5. The number of ether oxygens (including phenoxy) is 7. The maximum absolute atomic E-state index is 13.4. The van der Waals surface area contributed by atoms with Crippen molar-refractivity contribution < 1.29 is 109 Å². The number of aliphatic hydroxyl groups is 11. The number of carbonyl (C=O) groups is 3. The summed E-state index contributed by atoms with van der Waals surface area (Å²) in [6.07, 6.45) is 9.00. The first kappa shape index (κ1) is 79.7. The molecule has 0 radical (unpaired) electrons. The van der Waals surface area contributed by atoms with Gasteiger partial charge in [-0.3, -0.25) is 9.59 Å². The summed E-state index contributed by atoms with van der Waals surface area (Å²) in [4.78, 5) is 38.8. The van der Waals surface area contributed by atoms with Gasteiger partial charge in [0.15, 0.2) is 12.6 Å². The van der Waals surface area contributed by atoms with E-state index in [9.17, 15) is 75.7 Å². The van der Waals surface area contributed by atoms with E-state index < -0.39 is 161 Å². The third-order valence-corrected chi connectivity index (χ3v) is 17.3. The number of amides is 2. The van der Waals surface area contributed by atoms with Gasteiger partial charge in [0.2, 0.25) is 11.8 Å². The number of aliphatic carboxylic acids is 1. The van der Waals surface area contributed by atoms with Gasteiger partial charge in [-0.1, -0.05) is 200 Å². The summed E-state index contributed by atoms with van der Waals surface area (Å²) in [7, 11) is 1.09. The number of nitrogens with one attached hydrogen (secondary N) is 2. The van der Waals surface area contributed by atoms with Crippen LogP contribution in [0.2, 0.25) is 0 Å². The van der Waals surface area contributed by atoms with Crippen LogP contribution in [0.15, 0.2) is 12.2 Å². The van der Waals surface area contributed by atoms with Gasteiger partial charge in [-0.25, -0.2) is 4.79 Å². The van der Waals surface area contributed by atoms with Crippen molar-refractivity contribution in [1.29, 1.82) is 0 Å². The topological polar surface area (TPSA) is 383 Å². The molecule has 2 amide bonds. The third kappa shape index (κ3) is 28.3. The summed E-state index contributed by atoms with van der Waals surface area (Å²) in [5.74, 6) is -5.74. The van der Waals surface area contributed by atoms with Crippen molar-refractivity contribution in [3.05, 3.63) is 12.2 Å². The number of allylic oxidation sites excluding steroid dienone is 1. The highest BCUT2D eigenvalue weighted by Crippen LogP contribution is 2.39. The van der Waals surface area contributed by atoms with E-state index in [0.717, 1.165) is 58.0 Å². The second-order valence-electron chi connectivity index (χ2n) is 25.0. The molecule has 88 heavy (non-hydrogen) atoms. The molecule has 0 saturated carbocycles. The minimum Gasteiger partial charge on any atom is -0.477 e. The molecule has 14 N–H and O–H groups in total. The molecule has 3 aliphatic rings. The summed E-state index contributed by atoms with van der Waals surface area (Å²) in [6, 6.07) is -2.69. The fourth-order valence-electron chi connectivity index (χ4n) is 11.8. The molecule has 0 spiro atoms. The van der Waals surface area contributed by atoms with E-state index in [2.05, 4.69) is 31.4 Å². The van der Waals surface area contributed by atoms with Crippen molar-refractivity contribution in [2.24, 2.45) is 5.92 Å². The Kier molecular flexibility index (Phi) is 41.4. The molecule has 3 aliphatic heterocycles. The van der Waals surface area contributed by atoms with Crippen LogP contribution in [-0.4, -0.2) is 229 Å². The lowest BCUT2D eigenvalue weighted by Gasteiger charge is -2.50. The molecule has 0 aromatic heterocycles. The average molecular weight is 1270 g/mol. The Hall–Kier alpha value is -2.57. The van der Waals surface area contributed by atoms with Crippen LogP contribution in [0.4, 0.5) is 0 Å². The molecule has 3 rings (SSSR count). The van der Waals surface area contributed by atoms with E-state index >= 15 is 0 Å². The first-order chi connectivity index (χ1) is 42.3. The van der Waals surface area contributed by atoms with E-state index in [1.54, 1.807) is 6.08 Å². The van der Waals surface area contributed by atoms with Gasteiger partial charge in [0, 0.05) is 20.0 Å². The highest BCUT2D eigenvalue weighted by atomic mass is 16.8. The van der Waals surface area contributed by atoms with Crippen molar-refractivity contribution in [2.45, 2.75) is 330 Å². The standard InChI is InChI=1S/C64H118N2O22/c1-5-6-7-8-9-10-11-12-13-14-15-16-17-18-19-24-27-30-33-36-50(73)65-44(45(71)35-32-29-26-23-21-20-22-25-28-31-34-43(2)3)42-83-61-56(78)55(77)58(49(40-69)85-61)86-62-57(79)60(54(76)48(39-68)84-62)88-64(63(80)81)37-46(72)52(66-51(74)41-70)59(87-64)53(75)47(38-67)82-4/h32,35,43-49,52-62,67-72,75-79H,5-31,33-34,36-42H2,1-4H3,(H,65,73)(H,66,74)(H,80,81). The molecule has 24 nitrogen and oxygen atoms in total. The van der Waals surface area contributed by atoms with E-state index in [4.69, 9.17) is 33.2 Å². The number of carboxylic acid groups (broad SMARTS) is 1. The SMILES string of the molecule is CCCCCCCCCCCCCCCCCCCCCC(=O)NC(COC1OC(CO)C(OC2OC(CO)C(O)C(OC3(C(=O)O)CC(O)C(NC(=O)CO)C(C(O)C(CO)OC)O3)C2O)C(O)C1O)C(O)C=CCCCCCCCCCCC(C)C. The molecule has 3 saturated heterocycles. The number of hydrogen-bond donors (Lipinski definition) is 14. The second-order valence-corrected chi connectivity index (χ2v) is 25.0. The quantitative estimate of drug-likeness (QED) is 0.0300. The van der Waals surface area contributed by atoms with Gasteiger partial charge in [-0.15, -0.1) is 0 Å². The minimum absolute atomic E-state index is 0.201. The third-order valence-electron chi connectivity index (χ3n) is 17.3. The van der Waals surface area contributed by atoms with Crippen molar-refractivity contribution >= 4 is 17.8 Å². The number of unbranched alkanes of at least 4 members (excludes halogenated alkanes) is 26. The van der Waals surface area contributed by atoms with E-state index in [0.29, 0.717) is 12.8 Å². The molecule has 3 heterocycles. The summed E-state index contributed by atoms with van der Waals surface area (Å²) in [5, 5.41) is 136. The van der Waals surface area contributed by atoms with Gasteiger partial charge in [0.05, 0.1) is 50.7 Å².